The highest BCUT2D eigenvalue weighted by atomic mass is 32.2. The molecule has 0 bridgehead atoms. The van der Waals surface area contributed by atoms with Gasteiger partial charge < -0.3 is 0 Å². The fourth-order valence-electron chi connectivity index (χ4n) is 5.77. The SMILES string of the molecule is O=S(=O)(c1cccc2ccccc12)N1Cc2ccccc2[C@H]2CN(Cc3ccccc3)C[C@@H]2C1. The predicted molar refractivity (Wildman–Crippen MR) is 136 cm³/mol. The van der Waals surface area contributed by atoms with E-state index in [2.05, 4.69) is 47.4 Å². The van der Waals surface area contributed by atoms with Crippen molar-refractivity contribution in [3.8, 4) is 0 Å². The zero-order chi connectivity index (χ0) is 23.1. The van der Waals surface area contributed by atoms with Gasteiger partial charge in [-0.05, 0) is 34.1 Å². The molecule has 2 aliphatic rings. The lowest BCUT2D eigenvalue weighted by atomic mass is 9.87. The Hall–Kier alpha value is -2.99. The normalized spacial score (nSPS) is 21.2. The first-order valence-electron chi connectivity index (χ1n) is 11.9. The van der Waals surface area contributed by atoms with Crippen molar-refractivity contribution in [2.24, 2.45) is 5.92 Å². The summed E-state index contributed by atoms with van der Waals surface area (Å²) in [6.45, 7) is 3.71. The van der Waals surface area contributed by atoms with E-state index in [1.165, 1.54) is 11.1 Å². The lowest BCUT2D eigenvalue weighted by molar-refractivity contribution is 0.293. The van der Waals surface area contributed by atoms with Crippen LogP contribution in [0.15, 0.2) is 102 Å². The van der Waals surface area contributed by atoms with E-state index in [4.69, 9.17) is 0 Å². The third kappa shape index (κ3) is 3.84. The first kappa shape index (κ1) is 21.5. The van der Waals surface area contributed by atoms with E-state index in [0.29, 0.717) is 23.9 Å². The van der Waals surface area contributed by atoms with Crippen LogP contribution in [0, 0.1) is 5.92 Å². The van der Waals surface area contributed by atoms with Crippen molar-refractivity contribution in [3.63, 3.8) is 0 Å². The third-order valence-electron chi connectivity index (χ3n) is 7.37. The average Bonchev–Trinajstić information content (AvgIpc) is 3.18. The van der Waals surface area contributed by atoms with E-state index in [9.17, 15) is 8.42 Å². The molecule has 0 spiro atoms. The van der Waals surface area contributed by atoms with Crippen LogP contribution < -0.4 is 0 Å². The standard InChI is InChI=1S/C29H28N2O2S/c32-34(33,29-16-8-13-23-11-4-7-15-27(23)29)31-19-24-12-5-6-14-26(24)28-21-30(18-25(28)20-31)17-22-9-2-1-3-10-22/h1-16,25,28H,17-21H2/t25-,28+/m1/s1. The summed E-state index contributed by atoms with van der Waals surface area (Å²) in [6, 6.07) is 32.3. The van der Waals surface area contributed by atoms with E-state index >= 15 is 0 Å². The molecule has 2 heterocycles. The fourth-order valence-corrected chi connectivity index (χ4v) is 7.46. The molecule has 1 fully saturated rings. The van der Waals surface area contributed by atoms with Gasteiger partial charge in [-0.3, -0.25) is 4.90 Å². The molecular formula is C29H28N2O2S. The van der Waals surface area contributed by atoms with Crippen molar-refractivity contribution in [2.45, 2.75) is 23.9 Å². The number of rotatable bonds is 4. The van der Waals surface area contributed by atoms with Crippen LogP contribution in [0.3, 0.4) is 0 Å². The lowest BCUT2D eigenvalue weighted by Gasteiger charge is -2.25. The molecule has 0 radical (unpaired) electrons. The number of sulfonamides is 1. The van der Waals surface area contributed by atoms with Crippen molar-refractivity contribution in [3.05, 3.63) is 114 Å². The summed E-state index contributed by atoms with van der Waals surface area (Å²) < 4.78 is 29.8. The first-order chi connectivity index (χ1) is 16.6. The molecule has 5 heteroatoms. The molecule has 2 aliphatic heterocycles. The fraction of sp³-hybridized carbons (Fsp3) is 0.241. The maximum atomic E-state index is 14.0. The topological polar surface area (TPSA) is 40.6 Å². The van der Waals surface area contributed by atoms with Crippen LogP contribution in [0.1, 0.15) is 22.6 Å². The summed E-state index contributed by atoms with van der Waals surface area (Å²) in [5.74, 6) is 0.602. The van der Waals surface area contributed by atoms with Gasteiger partial charge in [0.25, 0.3) is 0 Å². The molecule has 4 aromatic carbocycles. The molecule has 34 heavy (non-hydrogen) atoms. The summed E-state index contributed by atoms with van der Waals surface area (Å²) in [6.07, 6.45) is 0. The number of hydrogen-bond donors (Lipinski definition) is 0. The van der Waals surface area contributed by atoms with Crippen LogP contribution in [0.4, 0.5) is 0 Å². The quantitative estimate of drug-likeness (QED) is 0.410. The Labute approximate surface area is 201 Å². The van der Waals surface area contributed by atoms with Crippen molar-refractivity contribution < 1.29 is 8.42 Å². The maximum absolute atomic E-state index is 14.0. The number of nitrogens with zero attached hydrogens (tertiary/aromatic N) is 2. The van der Waals surface area contributed by atoms with Gasteiger partial charge in [-0.15, -0.1) is 0 Å². The summed E-state index contributed by atoms with van der Waals surface area (Å²) >= 11 is 0. The van der Waals surface area contributed by atoms with Crippen molar-refractivity contribution in [1.29, 1.82) is 0 Å². The summed E-state index contributed by atoms with van der Waals surface area (Å²) in [5, 5.41) is 1.74. The molecule has 4 aromatic rings. The summed E-state index contributed by atoms with van der Waals surface area (Å²) in [4.78, 5) is 2.89. The highest BCUT2D eigenvalue weighted by Gasteiger charge is 2.41. The zero-order valence-electron chi connectivity index (χ0n) is 19.0. The van der Waals surface area contributed by atoms with E-state index in [-0.39, 0.29) is 5.92 Å². The average molecular weight is 469 g/mol. The molecule has 0 aliphatic carbocycles. The third-order valence-corrected chi connectivity index (χ3v) is 9.24. The number of likely N-dealkylation sites (tertiary alicyclic amines) is 1. The number of hydrogen-bond acceptors (Lipinski definition) is 3. The van der Waals surface area contributed by atoms with Crippen molar-refractivity contribution in [1.82, 2.24) is 9.21 Å². The smallest absolute Gasteiger partial charge is 0.244 e. The molecule has 0 N–H and O–H groups in total. The zero-order valence-corrected chi connectivity index (χ0v) is 19.9. The Kier molecular flexibility index (Phi) is 5.48. The van der Waals surface area contributed by atoms with E-state index < -0.39 is 10.0 Å². The summed E-state index contributed by atoms with van der Waals surface area (Å²) in [5.41, 5.74) is 3.73. The molecule has 4 nitrogen and oxygen atoms in total. The van der Waals surface area contributed by atoms with Crippen LogP contribution in [0.5, 0.6) is 0 Å². The highest BCUT2D eigenvalue weighted by molar-refractivity contribution is 7.89. The Balaban J connectivity index is 1.37. The number of benzene rings is 4. The second-order valence-corrected chi connectivity index (χ2v) is 11.4. The Bertz CT molecular complexity index is 1430. The monoisotopic (exact) mass is 468 g/mol. The van der Waals surface area contributed by atoms with Gasteiger partial charge in [0.15, 0.2) is 0 Å². The molecule has 6 rings (SSSR count). The van der Waals surface area contributed by atoms with Crippen LogP contribution in [-0.2, 0) is 23.1 Å². The minimum atomic E-state index is -3.65. The molecule has 1 saturated heterocycles. The predicted octanol–water partition coefficient (Wildman–Crippen LogP) is 5.26. The molecule has 0 unspecified atom stereocenters. The van der Waals surface area contributed by atoms with Gasteiger partial charge in [0.1, 0.15) is 0 Å². The van der Waals surface area contributed by atoms with Gasteiger partial charge in [0, 0.05) is 44.0 Å². The molecule has 0 saturated carbocycles. The molecule has 0 amide bonds. The molecule has 2 atom stereocenters. The van der Waals surface area contributed by atoms with Crippen LogP contribution in [0.2, 0.25) is 0 Å². The van der Waals surface area contributed by atoms with Crippen LogP contribution in [0.25, 0.3) is 10.8 Å². The second-order valence-electron chi connectivity index (χ2n) is 9.52. The molecule has 172 valence electrons. The van der Waals surface area contributed by atoms with Gasteiger partial charge in [-0.2, -0.15) is 4.31 Å². The minimum absolute atomic E-state index is 0.261. The highest BCUT2D eigenvalue weighted by Crippen LogP contribution is 2.40. The minimum Gasteiger partial charge on any atom is -0.298 e. The first-order valence-corrected chi connectivity index (χ1v) is 13.4. The van der Waals surface area contributed by atoms with Gasteiger partial charge in [0.2, 0.25) is 10.0 Å². The van der Waals surface area contributed by atoms with Crippen LogP contribution in [-0.4, -0.2) is 37.3 Å². The summed E-state index contributed by atoms with van der Waals surface area (Å²) in [7, 11) is -3.65. The van der Waals surface area contributed by atoms with Crippen molar-refractivity contribution >= 4 is 20.8 Å². The van der Waals surface area contributed by atoms with Crippen LogP contribution >= 0.6 is 0 Å². The van der Waals surface area contributed by atoms with E-state index in [1.54, 1.807) is 10.4 Å². The van der Waals surface area contributed by atoms with E-state index in [0.717, 1.165) is 36.0 Å². The molecule has 0 aromatic heterocycles. The molecular weight excluding hydrogens is 440 g/mol. The second kappa shape index (κ2) is 8.66. The lowest BCUT2D eigenvalue weighted by Crippen LogP contribution is -2.35. The van der Waals surface area contributed by atoms with Gasteiger partial charge in [-0.1, -0.05) is 91.0 Å². The van der Waals surface area contributed by atoms with Gasteiger partial charge in [0.05, 0.1) is 4.90 Å². The largest absolute Gasteiger partial charge is 0.298 e. The van der Waals surface area contributed by atoms with Gasteiger partial charge in [-0.25, -0.2) is 8.42 Å². The Morgan fingerprint density at radius 3 is 2.35 bits per heavy atom. The Morgan fingerprint density at radius 1 is 0.735 bits per heavy atom. The Morgan fingerprint density at radius 2 is 1.47 bits per heavy atom. The number of fused-ring (bicyclic) bond motifs is 4. The van der Waals surface area contributed by atoms with Gasteiger partial charge >= 0.3 is 0 Å². The van der Waals surface area contributed by atoms with E-state index in [1.807, 2.05) is 48.5 Å². The maximum Gasteiger partial charge on any atom is 0.244 e. The van der Waals surface area contributed by atoms with Crippen molar-refractivity contribution in [2.75, 3.05) is 19.6 Å².